The van der Waals surface area contributed by atoms with Crippen molar-refractivity contribution in [2.24, 2.45) is 0 Å². The first-order valence-corrected chi connectivity index (χ1v) is 10.1. The summed E-state index contributed by atoms with van der Waals surface area (Å²) in [6.45, 7) is 2.91. The van der Waals surface area contributed by atoms with Crippen molar-refractivity contribution in [3.05, 3.63) is 65.2 Å². The summed E-state index contributed by atoms with van der Waals surface area (Å²) < 4.78 is 5.71. The van der Waals surface area contributed by atoms with Gasteiger partial charge in [-0.1, -0.05) is 56.0 Å². The van der Waals surface area contributed by atoms with Crippen LogP contribution in [-0.2, 0) is 4.79 Å². The highest BCUT2D eigenvalue weighted by molar-refractivity contribution is 7.80. The van der Waals surface area contributed by atoms with Crippen LogP contribution in [0.2, 0.25) is 5.02 Å². The van der Waals surface area contributed by atoms with E-state index in [0.717, 1.165) is 30.0 Å². The van der Waals surface area contributed by atoms with Gasteiger partial charge in [0.15, 0.2) is 5.11 Å². The van der Waals surface area contributed by atoms with E-state index in [9.17, 15) is 4.79 Å². The molecule has 2 N–H and O–H groups in total. The first-order chi connectivity index (χ1) is 13.6. The molecule has 0 atom stereocenters. The highest BCUT2D eigenvalue weighted by Gasteiger charge is 2.03. The Kier molecular flexibility index (Phi) is 9.52. The lowest BCUT2D eigenvalue weighted by atomic mass is 10.2. The standard InChI is InChI=1S/C22H25ClN2O2S/c1-2-3-4-7-16-27-19-13-11-18(12-14-19)24-22(28)25-21(26)15-10-17-8-5-6-9-20(17)23/h5-6,8-15H,2-4,7,16H2,1H3,(H2,24,25,26,28)/b15-10+. The van der Waals surface area contributed by atoms with Crippen LogP contribution >= 0.6 is 23.8 Å². The Bertz CT molecular complexity index is 806. The number of carbonyl (C=O) groups excluding carboxylic acids is 1. The van der Waals surface area contributed by atoms with Crippen LogP contribution in [-0.4, -0.2) is 17.6 Å². The smallest absolute Gasteiger partial charge is 0.250 e. The first kappa shape index (κ1) is 21.9. The zero-order valence-electron chi connectivity index (χ0n) is 15.9. The van der Waals surface area contributed by atoms with Gasteiger partial charge < -0.3 is 10.1 Å². The van der Waals surface area contributed by atoms with E-state index in [4.69, 9.17) is 28.6 Å². The molecule has 4 nitrogen and oxygen atoms in total. The summed E-state index contributed by atoms with van der Waals surface area (Å²) in [5, 5.41) is 6.39. The molecule has 0 spiro atoms. The van der Waals surface area contributed by atoms with Crippen molar-refractivity contribution >= 4 is 46.6 Å². The molecule has 0 radical (unpaired) electrons. The van der Waals surface area contributed by atoms with Gasteiger partial charge in [0.25, 0.3) is 0 Å². The molecule has 2 aromatic rings. The number of benzene rings is 2. The van der Waals surface area contributed by atoms with E-state index in [1.807, 2.05) is 42.5 Å². The molecular weight excluding hydrogens is 392 g/mol. The van der Waals surface area contributed by atoms with E-state index in [-0.39, 0.29) is 11.0 Å². The van der Waals surface area contributed by atoms with Crippen molar-refractivity contribution in [3.8, 4) is 5.75 Å². The second-order valence-electron chi connectivity index (χ2n) is 6.23. The Labute approximate surface area is 176 Å². The van der Waals surface area contributed by atoms with Gasteiger partial charge in [0, 0.05) is 16.8 Å². The van der Waals surface area contributed by atoms with Crippen LogP contribution in [0.25, 0.3) is 6.08 Å². The van der Waals surface area contributed by atoms with Crippen LogP contribution in [0.5, 0.6) is 5.75 Å². The molecule has 28 heavy (non-hydrogen) atoms. The van der Waals surface area contributed by atoms with Gasteiger partial charge in [0.1, 0.15) is 5.75 Å². The second-order valence-corrected chi connectivity index (χ2v) is 7.05. The SMILES string of the molecule is CCCCCCOc1ccc(NC(=S)NC(=O)/C=C/c2ccccc2Cl)cc1. The minimum Gasteiger partial charge on any atom is -0.494 e. The fraction of sp³-hybridized carbons (Fsp3) is 0.273. The predicted molar refractivity (Wildman–Crippen MR) is 121 cm³/mol. The number of amides is 1. The van der Waals surface area contributed by atoms with Gasteiger partial charge >= 0.3 is 0 Å². The number of nitrogens with one attached hydrogen (secondary N) is 2. The van der Waals surface area contributed by atoms with Gasteiger partial charge in [-0.2, -0.15) is 0 Å². The summed E-state index contributed by atoms with van der Waals surface area (Å²) in [7, 11) is 0. The Morgan fingerprint density at radius 3 is 2.57 bits per heavy atom. The quantitative estimate of drug-likeness (QED) is 0.307. The maximum Gasteiger partial charge on any atom is 0.250 e. The second kappa shape index (κ2) is 12.2. The van der Waals surface area contributed by atoms with E-state index >= 15 is 0 Å². The zero-order chi connectivity index (χ0) is 20.2. The van der Waals surface area contributed by atoms with Crippen molar-refractivity contribution in [1.82, 2.24) is 5.32 Å². The van der Waals surface area contributed by atoms with Crippen LogP contribution < -0.4 is 15.4 Å². The highest BCUT2D eigenvalue weighted by atomic mass is 35.5. The summed E-state index contributed by atoms with van der Waals surface area (Å²) in [6.07, 6.45) is 7.74. The summed E-state index contributed by atoms with van der Waals surface area (Å²) in [6, 6.07) is 14.8. The van der Waals surface area contributed by atoms with Crippen LogP contribution in [0, 0.1) is 0 Å². The lowest BCUT2D eigenvalue weighted by Crippen LogP contribution is -2.32. The lowest BCUT2D eigenvalue weighted by Gasteiger charge is -2.10. The molecule has 148 valence electrons. The fourth-order valence-corrected chi connectivity index (χ4v) is 2.86. The number of anilines is 1. The molecule has 0 saturated heterocycles. The van der Waals surface area contributed by atoms with Gasteiger partial charge in [-0.25, -0.2) is 0 Å². The third-order valence-corrected chi connectivity index (χ3v) is 4.48. The fourth-order valence-electron chi connectivity index (χ4n) is 2.44. The molecule has 0 aliphatic rings. The largest absolute Gasteiger partial charge is 0.494 e. The number of ether oxygens (including phenoxy) is 1. The predicted octanol–water partition coefficient (Wildman–Crippen LogP) is 5.83. The Balaban J connectivity index is 1.76. The number of carbonyl (C=O) groups is 1. The summed E-state index contributed by atoms with van der Waals surface area (Å²) in [4.78, 5) is 12.0. The maximum absolute atomic E-state index is 12.0. The third kappa shape index (κ3) is 8.11. The third-order valence-electron chi connectivity index (χ3n) is 3.94. The van der Waals surface area contributed by atoms with Gasteiger partial charge in [0.2, 0.25) is 5.91 Å². The normalized spacial score (nSPS) is 10.6. The van der Waals surface area contributed by atoms with Crippen LogP contribution in [0.3, 0.4) is 0 Å². The van der Waals surface area contributed by atoms with E-state index in [0.29, 0.717) is 5.02 Å². The highest BCUT2D eigenvalue weighted by Crippen LogP contribution is 2.17. The average molecular weight is 417 g/mol. The molecule has 0 fully saturated rings. The van der Waals surface area contributed by atoms with E-state index in [2.05, 4.69) is 17.6 Å². The minimum atomic E-state index is -0.329. The van der Waals surface area contributed by atoms with Crippen molar-refractivity contribution in [3.63, 3.8) is 0 Å². The minimum absolute atomic E-state index is 0.224. The van der Waals surface area contributed by atoms with Crippen LogP contribution in [0.4, 0.5) is 5.69 Å². The van der Waals surface area contributed by atoms with Gasteiger partial charge in [0.05, 0.1) is 6.61 Å². The van der Waals surface area contributed by atoms with Gasteiger partial charge in [-0.3, -0.25) is 10.1 Å². The number of thiocarbonyl (C=S) groups is 1. The summed E-state index contributed by atoms with van der Waals surface area (Å²) >= 11 is 11.2. The number of rotatable bonds is 9. The molecule has 0 aliphatic heterocycles. The lowest BCUT2D eigenvalue weighted by molar-refractivity contribution is -0.115. The monoisotopic (exact) mass is 416 g/mol. The van der Waals surface area contributed by atoms with Crippen LogP contribution in [0.1, 0.15) is 38.2 Å². The molecule has 0 aromatic heterocycles. The average Bonchev–Trinajstić information content (AvgIpc) is 2.68. The molecular formula is C22H25ClN2O2S. The Hall–Kier alpha value is -2.37. The summed E-state index contributed by atoms with van der Waals surface area (Å²) in [5.41, 5.74) is 1.54. The van der Waals surface area contributed by atoms with Gasteiger partial charge in [-0.15, -0.1) is 0 Å². The topological polar surface area (TPSA) is 50.4 Å². The van der Waals surface area contributed by atoms with Crippen LogP contribution in [0.15, 0.2) is 54.6 Å². The van der Waals surface area contributed by atoms with Crippen molar-refractivity contribution < 1.29 is 9.53 Å². The maximum atomic E-state index is 12.0. The Morgan fingerprint density at radius 1 is 1.11 bits per heavy atom. The molecule has 2 aromatic carbocycles. The molecule has 0 heterocycles. The molecule has 0 bridgehead atoms. The molecule has 1 amide bonds. The van der Waals surface area contributed by atoms with Gasteiger partial charge in [-0.05, 0) is 60.6 Å². The number of unbranched alkanes of at least 4 members (excludes halogenated alkanes) is 3. The molecule has 0 aliphatic carbocycles. The number of hydrogen-bond donors (Lipinski definition) is 2. The molecule has 2 rings (SSSR count). The van der Waals surface area contributed by atoms with Crippen molar-refractivity contribution in [2.75, 3.05) is 11.9 Å². The summed E-state index contributed by atoms with van der Waals surface area (Å²) in [5.74, 6) is 0.490. The van der Waals surface area contributed by atoms with E-state index in [1.54, 1.807) is 12.1 Å². The molecule has 0 unspecified atom stereocenters. The van der Waals surface area contributed by atoms with E-state index in [1.165, 1.54) is 25.3 Å². The van der Waals surface area contributed by atoms with E-state index < -0.39 is 0 Å². The zero-order valence-corrected chi connectivity index (χ0v) is 17.5. The number of hydrogen-bond acceptors (Lipinski definition) is 3. The molecule has 6 heteroatoms. The first-order valence-electron chi connectivity index (χ1n) is 9.36. The van der Waals surface area contributed by atoms with Crippen molar-refractivity contribution in [1.29, 1.82) is 0 Å². The number of halogens is 1. The van der Waals surface area contributed by atoms with Crippen molar-refractivity contribution in [2.45, 2.75) is 32.6 Å². The molecule has 0 saturated carbocycles. The Morgan fingerprint density at radius 2 is 1.86 bits per heavy atom.